The van der Waals surface area contributed by atoms with Crippen LogP contribution in [0.2, 0.25) is 0 Å². The van der Waals surface area contributed by atoms with Crippen molar-refractivity contribution in [3.8, 4) is 0 Å². The predicted molar refractivity (Wildman–Crippen MR) is 45.7 cm³/mol. The highest BCUT2D eigenvalue weighted by atomic mass is 32.2. The highest BCUT2D eigenvalue weighted by molar-refractivity contribution is 7.91. The molecule has 0 aromatic carbocycles. The van der Waals surface area contributed by atoms with Crippen LogP contribution in [-0.4, -0.2) is 14.2 Å². The lowest BCUT2D eigenvalue weighted by atomic mass is 10.5. The number of sulfone groups is 1. The topological polar surface area (TPSA) is 47.3 Å². The van der Waals surface area contributed by atoms with Gasteiger partial charge in [0.1, 0.15) is 0 Å². The van der Waals surface area contributed by atoms with Crippen LogP contribution in [0.1, 0.15) is 6.42 Å². The molecule has 6 heteroatoms. The van der Waals surface area contributed by atoms with Gasteiger partial charge in [-0.15, -0.1) is 0 Å². The summed E-state index contributed by atoms with van der Waals surface area (Å²) >= 11 is 0. The van der Waals surface area contributed by atoms with E-state index in [1.165, 1.54) is 18.4 Å². The van der Waals surface area contributed by atoms with Gasteiger partial charge in [-0.25, -0.2) is 8.42 Å². The summed E-state index contributed by atoms with van der Waals surface area (Å²) < 4.78 is 50.5. The number of hydrogen-bond acceptors (Lipinski definition) is 3. The van der Waals surface area contributed by atoms with E-state index in [1.54, 1.807) is 0 Å². The first kappa shape index (κ1) is 10.9. The second-order valence-corrected chi connectivity index (χ2v) is 4.57. The summed E-state index contributed by atoms with van der Waals surface area (Å²) in [5.41, 5.74) is 0. The van der Waals surface area contributed by atoms with Crippen LogP contribution in [0.5, 0.6) is 0 Å². The Balaban J connectivity index is 2.65. The van der Waals surface area contributed by atoms with Crippen LogP contribution < -0.4 is 0 Å². The molecule has 78 valence electrons. The number of rotatable bonds is 4. The SMILES string of the molecule is O=S(=O)(CCC=C(F)F)c1ccco1. The average Bonchev–Trinajstić information content (AvgIpc) is 2.54. The van der Waals surface area contributed by atoms with Gasteiger partial charge in [-0.2, -0.15) is 8.78 Å². The molecule has 0 aliphatic rings. The van der Waals surface area contributed by atoms with Gasteiger partial charge in [-0.1, -0.05) is 0 Å². The van der Waals surface area contributed by atoms with E-state index in [-0.39, 0.29) is 17.3 Å². The minimum Gasteiger partial charge on any atom is -0.453 e. The Morgan fingerprint density at radius 2 is 2.21 bits per heavy atom. The molecule has 14 heavy (non-hydrogen) atoms. The number of halogens is 2. The quantitative estimate of drug-likeness (QED) is 0.784. The third-order valence-electron chi connectivity index (χ3n) is 1.49. The van der Waals surface area contributed by atoms with Gasteiger partial charge in [0.15, 0.2) is 0 Å². The van der Waals surface area contributed by atoms with E-state index in [0.717, 1.165) is 0 Å². The zero-order valence-electron chi connectivity index (χ0n) is 7.11. The highest BCUT2D eigenvalue weighted by Gasteiger charge is 2.16. The van der Waals surface area contributed by atoms with Crippen molar-refractivity contribution >= 4 is 9.84 Å². The van der Waals surface area contributed by atoms with Crippen LogP contribution in [0.15, 0.2) is 40.1 Å². The fraction of sp³-hybridized carbons (Fsp3) is 0.250. The van der Waals surface area contributed by atoms with Gasteiger partial charge >= 0.3 is 0 Å². The van der Waals surface area contributed by atoms with Crippen molar-refractivity contribution in [2.24, 2.45) is 0 Å². The van der Waals surface area contributed by atoms with Gasteiger partial charge in [0.2, 0.25) is 14.9 Å². The van der Waals surface area contributed by atoms with Gasteiger partial charge in [-0.3, -0.25) is 0 Å². The maximum Gasteiger partial charge on any atom is 0.266 e. The molecule has 0 saturated carbocycles. The van der Waals surface area contributed by atoms with Crippen LogP contribution >= 0.6 is 0 Å². The fourth-order valence-electron chi connectivity index (χ4n) is 0.864. The first-order valence-electron chi connectivity index (χ1n) is 3.80. The Kier molecular flexibility index (Phi) is 3.40. The first-order chi connectivity index (χ1) is 6.52. The summed E-state index contributed by atoms with van der Waals surface area (Å²) in [4.78, 5) is 0. The van der Waals surface area contributed by atoms with Crippen molar-refractivity contribution in [2.45, 2.75) is 11.5 Å². The number of hydrogen-bond donors (Lipinski definition) is 0. The molecule has 0 saturated heterocycles. The molecular weight excluding hydrogens is 214 g/mol. The van der Waals surface area contributed by atoms with Crippen molar-refractivity contribution < 1.29 is 21.6 Å². The van der Waals surface area contributed by atoms with E-state index in [4.69, 9.17) is 0 Å². The number of furan rings is 1. The van der Waals surface area contributed by atoms with Gasteiger partial charge < -0.3 is 4.42 Å². The largest absolute Gasteiger partial charge is 0.453 e. The lowest BCUT2D eigenvalue weighted by Gasteiger charge is -1.96. The molecule has 0 aliphatic heterocycles. The maximum atomic E-state index is 11.6. The Hall–Kier alpha value is -1.17. The van der Waals surface area contributed by atoms with Crippen LogP contribution in [0, 0.1) is 0 Å². The Morgan fingerprint density at radius 1 is 1.50 bits per heavy atom. The summed E-state index contributed by atoms with van der Waals surface area (Å²) in [5.74, 6) is -0.377. The smallest absolute Gasteiger partial charge is 0.266 e. The van der Waals surface area contributed by atoms with Crippen LogP contribution in [0.25, 0.3) is 0 Å². The average molecular weight is 222 g/mol. The summed E-state index contributed by atoms with van der Waals surface area (Å²) in [7, 11) is -3.56. The van der Waals surface area contributed by atoms with Crippen molar-refractivity contribution in [3.05, 3.63) is 30.6 Å². The van der Waals surface area contributed by atoms with Crippen molar-refractivity contribution in [3.63, 3.8) is 0 Å². The highest BCUT2D eigenvalue weighted by Crippen LogP contribution is 2.12. The van der Waals surface area contributed by atoms with Gasteiger partial charge in [0, 0.05) is 0 Å². The molecule has 1 heterocycles. The van der Waals surface area contributed by atoms with E-state index in [9.17, 15) is 17.2 Å². The minimum absolute atomic E-state index is 0.190. The third-order valence-corrected chi connectivity index (χ3v) is 3.11. The third kappa shape index (κ3) is 2.95. The Morgan fingerprint density at radius 3 is 2.71 bits per heavy atom. The molecule has 0 aliphatic carbocycles. The molecule has 0 bridgehead atoms. The van der Waals surface area contributed by atoms with Crippen molar-refractivity contribution in [1.29, 1.82) is 0 Å². The number of allylic oxidation sites excluding steroid dienone is 1. The van der Waals surface area contributed by atoms with Crippen LogP contribution in [-0.2, 0) is 9.84 Å². The summed E-state index contributed by atoms with van der Waals surface area (Å²) in [5, 5.41) is -0.190. The van der Waals surface area contributed by atoms with Crippen molar-refractivity contribution in [1.82, 2.24) is 0 Å². The molecule has 0 radical (unpaired) electrons. The molecule has 0 unspecified atom stereocenters. The zero-order chi connectivity index (χ0) is 10.6. The Labute approximate surface area is 80.0 Å². The summed E-state index contributed by atoms with van der Waals surface area (Å²) in [6.07, 6.45) is -0.302. The van der Waals surface area contributed by atoms with E-state index in [2.05, 4.69) is 4.42 Å². The van der Waals surface area contributed by atoms with Gasteiger partial charge in [0.25, 0.3) is 6.08 Å². The molecule has 0 atom stereocenters. The molecule has 0 amide bonds. The molecule has 1 aromatic heterocycles. The molecule has 0 spiro atoms. The van der Waals surface area contributed by atoms with Gasteiger partial charge in [0.05, 0.1) is 12.0 Å². The normalized spacial score (nSPS) is 11.3. The molecule has 1 aromatic rings. The summed E-state index contributed by atoms with van der Waals surface area (Å²) in [6, 6.07) is 2.71. The molecular formula is C8H8F2O3S. The molecule has 1 rings (SSSR count). The van der Waals surface area contributed by atoms with E-state index < -0.39 is 15.9 Å². The van der Waals surface area contributed by atoms with E-state index in [0.29, 0.717) is 6.08 Å². The lowest BCUT2D eigenvalue weighted by molar-refractivity contribution is 0.418. The second-order valence-electron chi connectivity index (χ2n) is 2.53. The Bertz CT molecular complexity index is 402. The molecule has 0 fully saturated rings. The van der Waals surface area contributed by atoms with Crippen LogP contribution in [0.4, 0.5) is 8.78 Å². The van der Waals surface area contributed by atoms with Crippen molar-refractivity contribution in [2.75, 3.05) is 5.75 Å². The van der Waals surface area contributed by atoms with E-state index in [1.807, 2.05) is 0 Å². The molecule has 3 nitrogen and oxygen atoms in total. The zero-order valence-corrected chi connectivity index (χ0v) is 7.93. The van der Waals surface area contributed by atoms with Crippen LogP contribution in [0.3, 0.4) is 0 Å². The summed E-state index contributed by atoms with van der Waals surface area (Å²) in [6.45, 7) is 0. The first-order valence-corrected chi connectivity index (χ1v) is 5.45. The predicted octanol–water partition coefficient (Wildman–Crippen LogP) is 2.22. The minimum atomic E-state index is -3.56. The van der Waals surface area contributed by atoms with Gasteiger partial charge in [-0.05, 0) is 24.6 Å². The lowest BCUT2D eigenvalue weighted by Crippen LogP contribution is -2.04. The monoisotopic (exact) mass is 222 g/mol. The molecule has 0 N–H and O–H groups in total. The fourth-order valence-corrected chi connectivity index (χ4v) is 1.98. The second kappa shape index (κ2) is 4.36. The maximum absolute atomic E-state index is 11.6. The van der Waals surface area contributed by atoms with E-state index >= 15 is 0 Å². The standard InChI is InChI=1S/C8H8F2O3S/c9-7(10)3-2-6-14(11,12)8-4-1-5-13-8/h1,3-5H,2,6H2.